The van der Waals surface area contributed by atoms with Crippen LogP contribution >= 0.6 is 0 Å². The lowest BCUT2D eigenvalue weighted by molar-refractivity contribution is 0.00184. The predicted molar refractivity (Wildman–Crippen MR) is 74.6 cm³/mol. The number of benzene rings is 1. The average Bonchev–Trinajstić information content (AvgIpc) is 2.41. The van der Waals surface area contributed by atoms with Crippen LogP contribution in [0.25, 0.3) is 0 Å². The van der Waals surface area contributed by atoms with E-state index in [0.29, 0.717) is 12.8 Å². The Morgan fingerprint density at radius 1 is 1.29 bits per heavy atom. The van der Waals surface area contributed by atoms with E-state index in [-0.39, 0.29) is 24.0 Å². The van der Waals surface area contributed by atoms with Gasteiger partial charge < -0.3 is 5.11 Å². The molecule has 0 amide bonds. The molecule has 0 aromatic heterocycles. The lowest BCUT2D eigenvalue weighted by Crippen LogP contribution is -2.50. The zero-order chi connectivity index (χ0) is 15.3. The van der Waals surface area contributed by atoms with E-state index in [1.54, 1.807) is 0 Å². The molecule has 2 atom stereocenters. The molecule has 0 saturated carbocycles. The molecular formula is C15H16FNO3S. The van der Waals surface area contributed by atoms with Crippen molar-refractivity contribution < 1.29 is 17.9 Å². The normalized spacial score (nSPS) is 34.1. The van der Waals surface area contributed by atoms with Crippen molar-refractivity contribution in [1.82, 2.24) is 0 Å². The maximum atomic E-state index is 14.1. The number of rotatable bonds is 1. The number of halogens is 1. The summed E-state index contributed by atoms with van der Waals surface area (Å²) < 4.78 is 38.6. The summed E-state index contributed by atoms with van der Waals surface area (Å²) in [6, 6.07) is 5.77. The first-order valence-electron chi connectivity index (χ1n) is 7.02. The molecule has 1 aromatic carbocycles. The Morgan fingerprint density at radius 2 is 1.90 bits per heavy atom. The number of sulfone groups is 1. The van der Waals surface area contributed by atoms with Gasteiger partial charge in [0.2, 0.25) is 0 Å². The molecule has 2 saturated heterocycles. The standard InChI is InChI=1S/C15H16FNO3S/c16-14-5-4-10(9-17)6-13(14)15(18)7-11-2-1-3-12(8-15)21(11,19)20/h4-6,11-12,18H,1-3,7-8H2. The summed E-state index contributed by atoms with van der Waals surface area (Å²) in [6.07, 6.45) is 1.88. The molecule has 6 heteroatoms. The zero-order valence-electron chi connectivity index (χ0n) is 11.4. The minimum absolute atomic E-state index is 0.0115. The highest BCUT2D eigenvalue weighted by Gasteiger charge is 2.51. The largest absolute Gasteiger partial charge is 0.385 e. The number of aliphatic hydroxyl groups is 1. The summed E-state index contributed by atoms with van der Waals surface area (Å²) in [5.74, 6) is -0.589. The number of fused-ring (bicyclic) bond motifs is 2. The van der Waals surface area contributed by atoms with E-state index < -0.39 is 31.8 Å². The average molecular weight is 309 g/mol. The van der Waals surface area contributed by atoms with Crippen LogP contribution in [0.5, 0.6) is 0 Å². The first kappa shape index (κ1) is 14.5. The summed E-state index contributed by atoms with van der Waals surface area (Å²) in [5, 5.41) is 18.6. The molecule has 1 N–H and O–H groups in total. The van der Waals surface area contributed by atoms with E-state index >= 15 is 0 Å². The van der Waals surface area contributed by atoms with Gasteiger partial charge in [0.1, 0.15) is 5.82 Å². The number of hydrogen-bond donors (Lipinski definition) is 1. The lowest BCUT2D eigenvalue weighted by Gasteiger charge is -2.44. The molecule has 0 spiro atoms. The Labute approximate surface area is 123 Å². The lowest BCUT2D eigenvalue weighted by atomic mass is 9.80. The van der Waals surface area contributed by atoms with Gasteiger partial charge in [-0.2, -0.15) is 5.26 Å². The molecule has 2 unspecified atom stereocenters. The van der Waals surface area contributed by atoms with Gasteiger partial charge in [-0.1, -0.05) is 6.42 Å². The highest BCUT2D eigenvalue weighted by molar-refractivity contribution is 7.92. The minimum Gasteiger partial charge on any atom is -0.385 e. The fourth-order valence-corrected chi connectivity index (χ4v) is 6.17. The van der Waals surface area contributed by atoms with Crippen molar-refractivity contribution in [3.63, 3.8) is 0 Å². The van der Waals surface area contributed by atoms with E-state index in [1.165, 1.54) is 12.1 Å². The van der Waals surface area contributed by atoms with Crippen LogP contribution in [0.3, 0.4) is 0 Å². The highest BCUT2D eigenvalue weighted by Crippen LogP contribution is 2.46. The molecule has 2 fully saturated rings. The van der Waals surface area contributed by atoms with Crippen molar-refractivity contribution in [2.45, 2.75) is 48.2 Å². The van der Waals surface area contributed by atoms with E-state index in [0.717, 1.165) is 12.5 Å². The number of hydrogen-bond acceptors (Lipinski definition) is 4. The Balaban J connectivity index is 2.05. The van der Waals surface area contributed by atoms with E-state index in [1.807, 2.05) is 6.07 Å². The summed E-state index contributed by atoms with van der Waals surface area (Å²) in [7, 11) is -3.22. The fourth-order valence-electron chi connectivity index (χ4n) is 3.62. The Kier molecular flexibility index (Phi) is 3.30. The van der Waals surface area contributed by atoms with Gasteiger partial charge in [-0.15, -0.1) is 0 Å². The molecule has 2 aliphatic heterocycles. The monoisotopic (exact) mass is 309 g/mol. The molecule has 0 radical (unpaired) electrons. The first-order chi connectivity index (χ1) is 9.87. The highest BCUT2D eigenvalue weighted by atomic mass is 32.2. The molecule has 0 aliphatic carbocycles. The molecule has 2 heterocycles. The zero-order valence-corrected chi connectivity index (χ0v) is 12.2. The SMILES string of the molecule is N#Cc1ccc(F)c(C2(O)CC3CCCC(C2)S3(=O)=O)c1. The molecule has 3 rings (SSSR count). The summed E-state index contributed by atoms with van der Waals surface area (Å²) >= 11 is 0. The van der Waals surface area contributed by atoms with Gasteiger partial charge in [0.05, 0.1) is 27.7 Å². The first-order valence-corrected chi connectivity index (χ1v) is 8.63. The Morgan fingerprint density at radius 3 is 2.48 bits per heavy atom. The van der Waals surface area contributed by atoms with Gasteiger partial charge in [0.15, 0.2) is 9.84 Å². The second-order valence-corrected chi connectivity index (χ2v) is 8.52. The minimum atomic E-state index is -3.22. The maximum absolute atomic E-state index is 14.1. The van der Waals surface area contributed by atoms with Crippen molar-refractivity contribution in [2.75, 3.05) is 0 Å². The maximum Gasteiger partial charge on any atom is 0.156 e. The van der Waals surface area contributed by atoms with Crippen LogP contribution in [-0.2, 0) is 15.4 Å². The molecule has 21 heavy (non-hydrogen) atoms. The number of nitriles is 1. The van der Waals surface area contributed by atoms with Gasteiger partial charge >= 0.3 is 0 Å². The van der Waals surface area contributed by atoms with Crippen LogP contribution in [0, 0.1) is 17.1 Å². The van der Waals surface area contributed by atoms with Gasteiger partial charge in [-0.05, 0) is 43.9 Å². The second kappa shape index (κ2) is 4.79. The third-order valence-corrected chi connectivity index (χ3v) is 7.37. The molecule has 2 bridgehead atoms. The van der Waals surface area contributed by atoms with Gasteiger partial charge in [-0.25, -0.2) is 12.8 Å². The van der Waals surface area contributed by atoms with Crippen LogP contribution in [-0.4, -0.2) is 24.0 Å². The van der Waals surface area contributed by atoms with Crippen LogP contribution < -0.4 is 0 Å². The Bertz CT molecular complexity index is 703. The molecule has 1 aromatic rings. The van der Waals surface area contributed by atoms with Crippen molar-refractivity contribution >= 4 is 9.84 Å². The smallest absolute Gasteiger partial charge is 0.156 e. The predicted octanol–water partition coefficient (Wildman–Crippen LogP) is 2.01. The fraction of sp³-hybridized carbons (Fsp3) is 0.533. The van der Waals surface area contributed by atoms with Crippen LogP contribution in [0.2, 0.25) is 0 Å². The van der Waals surface area contributed by atoms with Crippen molar-refractivity contribution in [3.05, 3.63) is 35.1 Å². The van der Waals surface area contributed by atoms with Gasteiger partial charge in [-0.3, -0.25) is 0 Å². The molecule has 4 nitrogen and oxygen atoms in total. The van der Waals surface area contributed by atoms with E-state index in [9.17, 15) is 17.9 Å². The van der Waals surface area contributed by atoms with Crippen molar-refractivity contribution in [1.29, 1.82) is 5.26 Å². The third-order valence-electron chi connectivity index (χ3n) is 4.71. The Hall–Kier alpha value is -1.45. The molecule has 112 valence electrons. The van der Waals surface area contributed by atoms with Crippen LogP contribution in [0.1, 0.15) is 43.2 Å². The third kappa shape index (κ3) is 2.25. The summed E-state index contributed by atoms with van der Waals surface area (Å²) in [5.41, 5.74) is -1.19. The summed E-state index contributed by atoms with van der Waals surface area (Å²) in [6.45, 7) is 0. The van der Waals surface area contributed by atoms with Crippen LogP contribution in [0.4, 0.5) is 4.39 Å². The quantitative estimate of drug-likeness (QED) is 0.861. The topological polar surface area (TPSA) is 78.2 Å². The van der Waals surface area contributed by atoms with Crippen molar-refractivity contribution in [2.24, 2.45) is 0 Å². The number of nitrogens with zero attached hydrogens (tertiary/aromatic N) is 1. The molecule has 2 aliphatic rings. The van der Waals surface area contributed by atoms with Crippen LogP contribution in [0.15, 0.2) is 18.2 Å². The van der Waals surface area contributed by atoms with Crippen molar-refractivity contribution in [3.8, 4) is 6.07 Å². The van der Waals surface area contributed by atoms with E-state index in [4.69, 9.17) is 5.26 Å². The second-order valence-electron chi connectivity index (χ2n) is 6.01. The van der Waals surface area contributed by atoms with Gasteiger partial charge in [0.25, 0.3) is 0 Å². The molecular weight excluding hydrogens is 293 g/mol. The summed E-state index contributed by atoms with van der Waals surface area (Å²) in [4.78, 5) is 0. The van der Waals surface area contributed by atoms with Gasteiger partial charge in [0, 0.05) is 5.56 Å². The van der Waals surface area contributed by atoms with E-state index in [2.05, 4.69) is 0 Å².